The minimum atomic E-state index is -2.91. The molecule has 0 radical (unpaired) electrons. The van der Waals surface area contributed by atoms with Gasteiger partial charge in [-0.3, -0.25) is 0 Å². The predicted octanol–water partition coefficient (Wildman–Crippen LogP) is 4.98. The Morgan fingerprint density at radius 1 is 0.667 bits per heavy atom. The van der Waals surface area contributed by atoms with Gasteiger partial charge in [0.05, 0.1) is 0 Å². The first kappa shape index (κ1) is 18.6. The molecule has 0 amide bonds. The highest BCUT2D eigenvalue weighted by atomic mass is 32.5. The van der Waals surface area contributed by atoms with Gasteiger partial charge >= 0.3 is 0 Å². The number of unbranched alkanes of at least 4 members (excludes halogenated alkanes) is 11. The van der Waals surface area contributed by atoms with Crippen LogP contribution in [0.5, 0.6) is 0 Å². The van der Waals surface area contributed by atoms with Crippen molar-refractivity contribution in [2.45, 2.75) is 84.0 Å². The van der Waals surface area contributed by atoms with Crippen molar-refractivity contribution in [2.24, 2.45) is 0 Å². The molecule has 0 heterocycles. The van der Waals surface area contributed by atoms with Crippen LogP contribution in [0.1, 0.15) is 84.0 Å². The second-order valence-corrected chi connectivity index (χ2v) is 8.81. The van der Waals surface area contributed by atoms with Gasteiger partial charge in [-0.25, -0.2) is 0 Å². The molecule has 0 aliphatic heterocycles. The average Bonchev–Trinajstić information content (AvgIpc) is 2.29. The standard InChI is InChI=1S/C14H31O2PS/c1-2-3-4-5-6-7-8-9-10-11-12-13-14-17(15,16)18/h2-14H2,1H3,(H2,15,16,18). The van der Waals surface area contributed by atoms with E-state index >= 15 is 0 Å². The molecular weight excluding hydrogens is 263 g/mol. The zero-order valence-corrected chi connectivity index (χ0v) is 13.7. The maximum atomic E-state index is 9.06. The first-order valence-corrected chi connectivity index (χ1v) is 10.5. The summed E-state index contributed by atoms with van der Waals surface area (Å²) >= 11 is 4.59. The lowest BCUT2D eigenvalue weighted by atomic mass is 10.1. The van der Waals surface area contributed by atoms with Crippen LogP contribution >= 0.6 is 6.49 Å². The molecule has 0 saturated heterocycles. The van der Waals surface area contributed by atoms with E-state index in [0.717, 1.165) is 12.8 Å². The van der Waals surface area contributed by atoms with Gasteiger partial charge in [-0.15, -0.1) is 0 Å². The van der Waals surface area contributed by atoms with Crippen LogP contribution in [-0.4, -0.2) is 15.9 Å². The Hall–Kier alpha value is 0.570. The zero-order valence-electron chi connectivity index (χ0n) is 11.9. The third-order valence-corrected chi connectivity index (χ3v) is 4.75. The van der Waals surface area contributed by atoms with E-state index in [1.165, 1.54) is 64.2 Å². The lowest BCUT2D eigenvalue weighted by Crippen LogP contribution is -1.88. The molecule has 0 fully saturated rings. The fourth-order valence-corrected chi connectivity index (χ4v) is 3.18. The first-order valence-electron chi connectivity index (χ1n) is 7.61. The molecule has 0 rings (SSSR count). The summed E-state index contributed by atoms with van der Waals surface area (Å²) in [5.41, 5.74) is 0. The van der Waals surface area contributed by atoms with E-state index in [-0.39, 0.29) is 0 Å². The molecule has 0 atom stereocenters. The lowest BCUT2D eigenvalue weighted by Gasteiger charge is -2.06. The van der Waals surface area contributed by atoms with E-state index in [9.17, 15) is 0 Å². The van der Waals surface area contributed by atoms with E-state index in [2.05, 4.69) is 18.7 Å². The smallest absolute Gasteiger partial charge is 0.183 e. The van der Waals surface area contributed by atoms with Crippen molar-refractivity contribution in [3.8, 4) is 0 Å². The van der Waals surface area contributed by atoms with Gasteiger partial charge in [-0.2, -0.15) is 0 Å². The van der Waals surface area contributed by atoms with Gasteiger partial charge in [-0.1, -0.05) is 77.6 Å². The third-order valence-electron chi connectivity index (χ3n) is 3.30. The quantitative estimate of drug-likeness (QED) is 0.372. The van der Waals surface area contributed by atoms with Crippen molar-refractivity contribution in [2.75, 3.05) is 6.16 Å². The molecule has 0 aromatic heterocycles. The van der Waals surface area contributed by atoms with Crippen LogP contribution in [0.4, 0.5) is 0 Å². The van der Waals surface area contributed by atoms with Crippen LogP contribution in [0, 0.1) is 0 Å². The topological polar surface area (TPSA) is 40.5 Å². The number of hydrogen-bond acceptors (Lipinski definition) is 1. The molecule has 0 aromatic carbocycles. The van der Waals surface area contributed by atoms with Gasteiger partial charge in [-0.05, 0) is 18.2 Å². The molecule has 0 saturated carbocycles. The molecule has 0 spiro atoms. The van der Waals surface area contributed by atoms with E-state index < -0.39 is 6.49 Å². The highest BCUT2D eigenvalue weighted by Gasteiger charge is 2.05. The molecule has 2 nitrogen and oxygen atoms in total. The summed E-state index contributed by atoms with van der Waals surface area (Å²) in [6, 6.07) is 0. The van der Waals surface area contributed by atoms with Gasteiger partial charge in [0.1, 0.15) is 0 Å². The minimum absolute atomic E-state index is 0.430. The SMILES string of the molecule is CCCCCCCCCCCCCCP(O)(O)=S. The summed E-state index contributed by atoms with van der Waals surface area (Å²) in [5, 5.41) is 0. The Bertz CT molecular complexity index is 216. The molecule has 0 aromatic rings. The van der Waals surface area contributed by atoms with E-state index in [4.69, 9.17) is 9.79 Å². The summed E-state index contributed by atoms with van der Waals surface area (Å²) in [6.07, 6.45) is 15.9. The second kappa shape index (κ2) is 12.6. The van der Waals surface area contributed by atoms with Crippen molar-refractivity contribution in [1.29, 1.82) is 0 Å². The lowest BCUT2D eigenvalue weighted by molar-refractivity contribution is 0.473. The molecule has 0 aliphatic carbocycles. The maximum absolute atomic E-state index is 9.06. The van der Waals surface area contributed by atoms with Gasteiger partial charge in [0.2, 0.25) is 0 Å². The van der Waals surface area contributed by atoms with E-state index in [1.807, 2.05) is 0 Å². The van der Waals surface area contributed by atoms with Crippen molar-refractivity contribution in [3.05, 3.63) is 0 Å². The van der Waals surface area contributed by atoms with Crippen LogP contribution in [0.15, 0.2) is 0 Å². The molecule has 0 bridgehead atoms. The van der Waals surface area contributed by atoms with Crippen molar-refractivity contribution in [1.82, 2.24) is 0 Å². The Kier molecular flexibility index (Phi) is 13.0. The normalized spacial score (nSPS) is 11.9. The van der Waals surface area contributed by atoms with Crippen LogP contribution in [0.2, 0.25) is 0 Å². The third kappa shape index (κ3) is 16.6. The summed E-state index contributed by atoms with van der Waals surface area (Å²) in [4.78, 5) is 18.1. The second-order valence-electron chi connectivity index (χ2n) is 5.28. The Balaban J connectivity index is 3.01. The van der Waals surface area contributed by atoms with Gasteiger partial charge < -0.3 is 9.79 Å². The average molecular weight is 294 g/mol. The molecule has 4 heteroatoms. The summed E-state index contributed by atoms with van der Waals surface area (Å²) in [5.74, 6) is 0. The zero-order chi connectivity index (χ0) is 13.7. The Morgan fingerprint density at radius 2 is 1.00 bits per heavy atom. The van der Waals surface area contributed by atoms with Crippen LogP contribution in [0.3, 0.4) is 0 Å². The van der Waals surface area contributed by atoms with Crippen LogP contribution in [0.25, 0.3) is 0 Å². The molecule has 18 heavy (non-hydrogen) atoms. The largest absolute Gasteiger partial charge is 0.345 e. The molecule has 110 valence electrons. The molecule has 0 aliphatic rings. The summed E-state index contributed by atoms with van der Waals surface area (Å²) < 4.78 is 0. The predicted molar refractivity (Wildman–Crippen MR) is 84.7 cm³/mol. The highest BCUT2D eigenvalue weighted by Crippen LogP contribution is 2.36. The fraction of sp³-hybridized carbons (Fsp3) is 1.00. The fourth-order valence-electron chi connectivity index (χ4n) is 2.16. The summed E-state index contributed by atoms with van der Waals surface area (Å²) in [6.45, 7) is -0.657. The number of hydrogen-bond donors (Lipinski definition) is 2. The maximum Gasteiger partial charge on any atom is 0.183 e. The van der Waals surface area contributed by atoms with Gasteiger partial charge in [0.15, 0.2) is 6.49 Å². The highest BCUT2D eigenvalue weighted by molar-refractivity contribution is 8.09. The first-order chi connectivity index (χ1) is 8.56. The Morgan fingerprint density at radius 3 is 1.33 bits per heavy atom. The van der Waals surface area contributed by atoms with Gasteiger partial charge in [0.25, 0.3) is 0 Å². The van der Waals surface area contributed by atoms with Gasteiger partial charge in [0, 0.05) is 6.16 Å². The minimum Gasteiger partial charge on any atom is -0.345 e. The molecular formula is C14H31O2PS. The molecule has 0 unspecified atom stereocenters. The monoisotopic (exact) mass is 294 g/mol. The summed E-state index contributed by atoms with van der Waals surface area (Å²) in [7, 11) is 0. The van der Waals surface area contributed by atoms with Crippen molar-refractivity contribution < 1.29 is 9.79 Å². The van der Waals surface area contributed by atoms with Crippen molar-refractivity contribution >= 4 is 18.3 Å². The Labute approximate surface area is 118 Å². The molecule has 2 N–H and O–H groups in total. The van der Waals surface area contributed by atoms with Crippen molar-refractivity contribution in [3.63, 3.8) is 0 Å². The van der Waals surface area contributed by atoms with Crippen LogP contribution in [-0.2, 0) is 11.8 Å². The van der Waals surface area contributed by atoms with E-state index in [0.29, 0.717) is 6.16 Å². The van der Waals surface area contributed by atoms with Crippen LogP contribution < -0.4 is 0 Å². The number of rotatable bonds is 13. The van der Waals surface area contributed by atoms with E-state index in [1.54, 1.807) is 0 Å².